The van der Waals surface area contributed by atoms with Gasteiger partial charge in [-0.3, -0.25) is 4.90 Å². The molecule has 0 spiro atoms. The molecule has 2 unspecified atom stereocenters. The molecule has 2 fully saturated rings. The van der Waals surface area contributed by atoms with E-state index in [4.69, 9.17) is 4.74 Å². The highest BCUT2D eigenvalue weighted by Gasteiger charge is 2.41. The maximum absolute atomic E-state index is 10.8. The lowest BCUT2D eigenvalue weighted by Gasteiger charge is -2.49. The fraction of sp³-hybridized carbons (Fsp3) is 0.667. The summed E-state index contributed by atoms with van der Waals surface area (Å²) >= 11 is 0. The highest BCUT2D eigenvalue weighted by atomic mass is 16.5. The molecule has 21 heavy (non-hydrogen) atoms. The zero-order valence-corrected chi connectivity index (χ0v) is 12.6. The van der Waals surface area contributed by atoms with Crippen LogP contribution in [0.1, 0.15) is 50.2 Å². The maximum Gasteiger partial charge on any atom is 0.125 e. The van der Waals surface area contributed by atoms with Crippen molar-refractivity contribution in [1.29, 1.82) is 0 Å². The van der Waals surface area contributed by atoms with Crippen molar-refractivity contribution < 1.29 is 9.84 Å². The monoisotopic (exact) mass is 287 g/mol. The molecule has 2 heterocycles. The van der Waals surface area contributed by atoms with Crippen molar-refractivity contribution in [2.75, 3.05) is 13.2 Å². The Balaban J connectivity index is 1.58. The quantitative estimate of drug-likeness (QED) is 0.861. The molecular formula is C18H25NO2. The second kappa shape index (κ2) is 5.62. The molecule has 0 radical (unpaired) electrons. The fourth-order valence-corrected chi connectivity index (χ4v) is 4.68. The molecule has 1 saturated carbocycles. The van der Waals surface area contributed by atoms with Gasteiger partial charge in [0.15, 0.2) is 0 Å². The first-order chi connectivity index (χ1) is 10.3. The number of aliphatic hydroxyl groups excluding tert-OH is 1. The van der Waals surface area contributed by atoms with Gasteiger partial charge in [0.1, 0.15) is 18.5 Å². The van der Waals surface area contributed by atoms with Crippen LogP contribution in [0.3, 0.4) is 0 Å². The van der Waals surface area contributed by atoms with Gasteiger partial charge in [-0.2, -0.15) is 0 Å². The number of piperidine rings is 1. The zero-order chi connectivity index (χ0) is 14.2. The van der Waals surface area contributed by atoms with Gasteiger partial charge >= 0.3 is 0 Å². The van der Waals surface area contributed by atoms with Gasteiger partial charge in [0.25, 0.3) is 0 Å². The van der Waals surface area contributed by atoms with Gasteiger partial charge in [0.2, 0.25) is 0 Å². The summed E-state index contributed by atoms with van der Waals surface area (Å²) in [7, 11) is 0. The number of ether oxygens (including phenoxy) is 1. The lowest BCUT2D eigenvalue weighted by molar-refractivity contribution is -0.0541. The number of hydrogen-bond acceptors (Lipinski definition) is 3. The van der Waals surface area contributed by atoms with E-state index in [1.165, 1.54) is 38.5 Å². The molecule has 0 aromatic heterocycles. The van der Waals surface area contributed by atoms with Gasteiger partial charge in [-0.05, 0) is 44.2 Å². The van der Waals surface area contributed by atoms with E-state index < -0.39 is 6.10 Å². The first-order valence-corrected chi connectivity index (χ1v) is 8.50. The lowest BCUT2D eigenvalue weighted by Crippen LogP contribution is -2.56. The van der Waals surface area contributed by atoms with Crippen LogP contribution in [0.25, 0.3) is 0 Å². The van der Waals surface area contributed by atoms with Gasteiger partial charge < -0.3 is 9.84 Å². The van der Waals surface area contributed by atoms with Crippen molar-refractivity contribution >= 4 is 0 Å². The predicted molar refractivity (Wildman–Crippen MR) is 82.4 cm³/mol. The predicted octanol–water partition coefficient (Wildman–Crippen LogP) is 3.14. The summed E-state index contributed by atoms with van der Waals surface area (Å²) in [6, 6.07) is 8.74. The smallest absolute Gasteiger partial charge is 0.125 e. The Labute approximate surface area is 126 Å². The summed E-state index contributed by atoms with van der Waals surface area (Å²) in [5.41, 5.74) is 0.965. The standard InChI is InChI=1S/C18H25NO2/c20-18-14-8-2-4-10-17(14)21-12-16(18)19-11-5-7-13-6-1-3-9-15(13)19/h2,4,8,10,13,15-16,18,20H,1,3,5-7,9,11-12H2/t13-,15-,16?,18?/m1/s1. The van der Waals surface area contributed by atoms with E-state index in [-0.39, 0.29) is 6.04 Å². The van der Waals surface area contributed by atoms with Crippen LogP contribution in [0.15, 0.2) is 24.3 Å². The van der Waals surface area contributed by atoms with Gasteiger partial charge in [-0.15, -0.1) is 0 Å². The third kappa shape index (κ3) is 2.36. The van der Waals surface area contributed by atoms with Crippen LogP contribution in [0.2, 0.25) is 0 Å². The summed E-state index contributed by atoms with van der Waals surface area (Å²) in [6.07, 6.45) is 7.65. The molecule has 3 aliphatic rings. The SMILES string of the molecule is OC1c2ccccc2OCC1N1CCC[C@H]2CCCC[C@H]21. The van der Waals surface area contributed by atoms with Crippen LogP contribution in [-0.4, -0.2) is 35.2 Å². The summed E-state index contributed by atoms with van der Waals surface area (Å²) < 4.78 is 5.94. The van der Waals surface area contributed by atoms with Crippen LogP contribution < -0.4 is 4.74 Å². The Bertz CT molecular complexity index is 502. The molecule has 0 bridgehead atoms. The molecule has 114 valence electrons. The van der Waals surface area contributed by atoms with Crippen LogP contribution >= 0.6 is 0 Å². The van der Waals surface area contributed by atoms with Gasteiger partial charge in [0, 0.05) is 11.6 Å². The van der Waals surface area contributed by atoms with Crippen LogP contribution in [0.4, 0.5) is 0 Å². The molecule has 4 rings (SSSR count). The molecule has 1 N–H and O–H groups in total. The zero-order valence-electron chi connectivity index (χ0n) is 12.6. The number of aliphatic hydroxyl groups is 1. The minimum absolute atomic E-state index is 0.130. The van der Waals surface area contributed by atoms with Crippen LogP contribution in [0, 0.1) is 5.92 Å². The Morgan fingerprint density at radius 3 is 2.76 bits per heavy atom. The van der Waals surface area contributed by atoms with Crippen molar-refractivity contribution in [3.05, 3.63) is 29.8 Å². The molecule has 2 aliphatic heterocycles. The Morgan fingerprint density at radius 2 is 1.81 bits per heavy atom. The molecule has 1 saturated heterocycles. The molecule has 3 heteroatoms. The van der Waals surface area contributed by atoms with E-state index in [0.29, 0.717) is 12.6 Å². The number of fused-ring (bicyclic) bond motifs is 2. The molecule has 0 amide bonds. The van der Waals surface area contributed by atoms with Crippen molar-refractivity contribution in [1.82, 2.24) is 4.90 Å². The van der Waals surface area contributed by atoms with Gasteiger partial charge in [-0.1, -0.05) is 31.0 Å². The molecule has 4 atom stereocenters. The number of hydrogen-bond donors (Lipinski definition) is 1. The Hall–Kier alpha value is -1.06. The summed E-state index contributed by atoms with van der Waals surface area (Å²) in [5.74, 6) is 1.70. The second-order valence-corrected chi connectivity index (χ2v) is 6.85. The summed E-state index contributed by atoms with van der Waals surface area (Å²) in [6.45, 7) is 1.75. The summed E-state index contributed by atoms with van der Waals surface area (Å²) in [5, 5.41) is 10.8. The van der Waals surface area contributed by atoms with Gasteiger partial charge in [-0.25, -0.2) is 0 Å². The van der Waals surface area contributed by atoms with E-state index in [2.05, 4.69) is 4.90 Å². The number of rotatable bonds is 1. The third-order valence-corrected chi connectivity index (χ3v) is 5.72. The molecule has 1 aromatic rings. The topological polar surface area (TPSA) is 32.7 Å². The minimum Gasteiger partial charge on any atom is -0.491 e. The first kappa shape index (κ1) is 13.6. The maximum atomic E-state index is 10.8. The van der Waals surface area contributed by atoms with E-state index >= 15 is 0 Å². The highest BCUT2D eigenvalue weighted by molar-refractivity contribution is 5.37. The molecule has 3 nitrogen and oxygen atoms in total. The molecular weight excluding hydrogens is 262 g/mol. The molecule has 1 aromatic carbocycles. The first-order valence-electron chi connectivity index (χ1n) is 8.50. The minimum atomic E-state index is -0.407. The van der Waals surface area contributed by atoms with E-state index in [0.717, 1.165) is 23.8 Å². The van der Waals surface area contributed by atoms with Crippen molar-refractivity contribution in [3.63, 3.8) is 0 Å². The number of benzene rings is 1. The Kier molecular flexibility index (Phi) is 3.64. The van der Waals surface area contributed by atoms with Crippen molar-refractivity contribution in [2.24, 2.45) is 5.92 Å². The Morgan fingerprint density at radius 1 is 1.00 bits per heavy atom. The van der Waals surface area contributed by atoms with E-state index in [1.807, 2.05) is 24.3 Å². The second-order valence-electron chi connectivity index (χ2n) is 6.85. The average molecular weight is 287 g/mol. The van der Waals surface area contributed by atoms with Gasteiger partial charge in [0.05, 0.1) is 6.04 Å². The summed E-state index contributed by atoms with van der Waals surface area (Å²) in [4.78, 5) is 2.58. The third-order valence-electron chi connectivity index (χ3n) is 5.72. The van der Waals surface area contributed by atoms with Crippen molar-refractivity contribution in [3.8, 4) is 5.75 Å². The van der Waals surface area contributed by atoms with Crippen LogP contribution in [0.5, 0.6) is 5.75 Å². The fourth-order valence-electron chi connectivity index (χ4n) is 4.68. The molecule has 1 aliphatic carbocycles. The normalized spacial score (nSPS) is 36.4. The van der Waals surface area contributed by atoms with E-state index in [9.17, 15) is 5.11 Å². The largest absolute Gasteiger partial charge is 0.491 e. The van der Waals surface area contributed by atoms with Crippen LogP contribution in [-0.2, 0) is 0 Å². The number of para-hydroxylation sites is 1. The highest BCUT2D eigenvalue weighted by Crippen LogP contribution is 2.41. The number of nitrogens with zero attached hydrogens (tertiary/aromatic N) is 1. The number of likely N-dealkylation sites (tertiary alicyclic amines) is 1. The van der Waals surface area contributed by atoms with E-state index in [1.54, 1.807) is 0 Å². The van der Waals surface area contributed by atoms with Crippen molar-refractivity contribution in [2.45, 2.75) is 56.7 Å². The lowest BCUT2D eigenvalue weighted by atomic mass is 9.77. The average Bonchev–Trinajstić information content (AvgIpc) is 2.55.